The SMILES string of the molecule is CCC(Oc1ccc(C(=N)N)cc1)C(C1CCCCC1)(C(C(=O)O)N1CCNCC1=O)N1CCNCC1=O. The molecule has 0 spiro atoms. The fraction of sp³-hybridized carbons (Fsp3) is 0.630. The Hall–Kier alpha value is -3.18. The van der Waals surface area contributed by atoms with E-state index in [1.807, 2.05) is 6.92 Å². The molecule has 1 saturated carbocycles. The minimum atomic E-state index is -1.27. The summed E-state index contributed by atoms with van der Waals surface area (Å²) < 4.78 is 6.63. The first-order valence-corrected chi connectivity index (χ1v) is 13.7. The Bertz CT molecular complexity index is 1030. The van der Waals surface area contributed by atoms with Crippen LogP contribution in [0.1, 0.15) is 51.0 Å². The van der Waals surface area contributed by atoms with Crippen molar-refractivity contribution in [1.29, 1.82) is 5.41 Å². The molecule has 0 aromatic heterocycles. The number of nitrogens with one attached hydrogen (secondary N) is 3. The van der Waals surface area contributed by atoms with E-state index in [1.165, 1.54) is 4.90 Å². The highest BCUT2D eigenvalue weighted by atomic mass is 16.5. The van der Waals surface area contributed by atoms with Gasteiger partial charge >= 0.3 is 5.97 Å². The number of carbonyl (C=O) groups is 3. The summed E-state index contributed by atoms with van der Waals surface area (Å²) in [6.45, 7) is 3.71. The van der Waals surface area contributed by atoms with Crippen LogP contribution in [0.5, 0.6) is 5.75 Å². The predicted octanol–water partition coefficient (Wildman–Crippen LogP) is 0.764. The molecule has 6 N–H and O–H groups in total. The highest BCUT2D eigenvalue weighted by Crippen LogP contribution is 2.46. The first kappa shape index (κ1) is 27.8. The second kappa shape index (κ2) is 12.1. The zero-order valence-corrected chi connectivity index (χ0v) is 22.1. The number of carboxylic acids is 1. The molecular weight excluding hydrogens is 488 g/mol. The standard InChI is InChI=1S/C27H40N6O5/c1-2-21(38-20-10-8-18(9-11-20)25(28)29)27(19-6-4-3-5-7-19,33-15-13-31-17-23(33)35)24(26(36)37)32-14-12-30-16-22(32)34/h8-11,19,21,24,30-31H,2-7,12-17H2,1H3,(H3,28,29)(H,36,37). The molecule has 3 fully saturated rings. The number of benzene rings is 1. The molecule has 3 aliphatic rings. The van der Waals surface area contributed by atoms with Crippen LogP contribution in [0.15, 0.2) is 24.3 Å². The number of aliphatic carboxylic acids is 1. The molecule has 4 rings (SSSR count). The summed E-state index contributed by atoms with van der Waals surface area (Å²) >= 11 is 0. The fourth-order valence-electron chi connectivity index (χ4n) is 6.64. The van der Waals surface area contributed by atoms with Gasteiger partial charge in [0.25, 0.3) is 0 Å². The average molecular weight is 529 g/mol. The van der Waals surface area contributed by atoms with E-state index in [0.717, 1.165) is 32.1 Å². The molecule has 2 heterocycles. The molecule has 208 valence electrons. The highest BCUT2D eigenvalue weighted by molar-refractivity contribution is 5.95. The van der Waals surface area contributed by atoms with Gasteiger partial charge in [-0.3, -0.25) is 15.0 Å². The van der Waals surface area contributed by atoms with Gasteiger partial charge in [-0.15, -0.1) is 0 Å². The Morgan fingerprint density at radius 1 is 1.11 bits per heavy atom. The van der Waals surface area contributed by atoms with Crippen LogP contribution < -0.4 is 21.1 Å². The van der Waals surface area contributed by atoms with Crippen molar-refractivity contribution in [2.75, 3.05) is 39.3 Å². The maximum Gasteiger partial charge on any atom is 0.329 e. The maximum atomic E-state index is 13.6. The molecule has 1 aromatic rings. The van der Waals surface area contributed by atoms with Gasteiger partial charge in [-0.1, -0.05) is 26.2 Å². The van der Waals surface area contributed by atoms with Crippen molar-refractivity contribution >= 4 is 23.6 Å². The lowest BCUT2D eigenvalue weighted by Crippen LogP contribution is -2.78. The van der Waals surface area contributed by atoms with E-state index in [1.54, 1.807) is 29.2 Å². The predicted molar refractivity (Wildman–Crippen MR) is 142 cm³/mol. The fourth-order valence-corrected chi connectivity index (χ4v) is 6.64. The highest BCUT2D eigenvalue weighted by Gasteiger charge is 2.62. The summed E-state index contributed by atoms with van der Waals surface area (Å²) in [7, 11) is 0. The largest absolute Gasteiger partial charge is 0.488 e. The van der Waals surface area contributed by atoms with E-state index >= 15 is 0 Å². The van der Waals surface area contributed by atoms with Crippen LogP contribution in [-0.4, -0.2) is 95.5 Å². The number of piperazine rings is 2. The number of nitrogens with two attached hydrogens (primary N) is 1. The van der Waals surface area contributed by atoms with Crippen molar-refractivity contribution in [3.05, 3.63) is 29.8 Å². The Labute approximate surface area is 223 Å². The van der Waals surface area contributed by atoms with Crippen LogP contribution in [-0.2, 0) is 14.4 Å². The van der Waals surface area contributed by atoms with Crippen LogP contribution in [0.2, 0.25) is 0 Å². The van der Waals surface area contributed by atoms with Crippen LogP contribution in [0.3, 0.4) is 0 Å². The summed E-state index contributed by atoms with van der Waals surface area (Å²) in [6, 6.07) is 5.56. The number of nitrogens with zero attached hydrogens (tertiary/aromatic N) is 2. The van der Waals surface area contributed by atoms with Gasteiger partial charge in [0.2, 0.25) is 11.8 Å². The normalized spacial score (nSPS) is 22.4. The number of hydrogen-bond acceptors (Lipinski definition) is 7. The van der Waals surface area contributed by atoms with Gasteiger partial charge in [0.1, 0.15) is 23.2 Å². The molecule has 1 aromatic carbocycles. The second-order valence-electron chi connectivity index (χ2n) is 10.4. The Balaban J connectivity index is 1.90. The zero-order chi connectivity index (χ0) is 27.3. The van der Waals surface area contributed by atoms with Crippen molar-refractivity contribution < 1.29 is 24.2 Å². The summed E-state index contributed by atoms with van der Waals surface area (Å²) in [6.07, 6.45) is 4.16. The minimum absolute atomic E-state index is 0.0597. The van der Waals surface area contributed by atoms with Crippen molar-refractivity contribution in [3.63, 3.8) is 0 Å². The zero-order valence-electron chi connectivity index (χ0n) is 22.1. The first-order chi connectivity index (χ1) is 18.3. The van der Waals surface area contributed by atoms with Crippen LogP contribution in [0.4, 0.5) is 0 Å². The van der Waals surface area contributed by atoms with Crippen LogP contribution in [0.25, 0.3) is 0 Å². The van der Waals surface area contributed by atoms with Crippen LogP contribution >= 0.6 is 0 Å². The Morgan fingerprint density at radius 3 is 2.29 bits per heavy atom. The van der Waals surface area contributed by atoms with Gasteiger partial charge in [-0.2, -0.15) is 0 Å². The summed E-state index contributed by atoms with van der Waals surface area (Å²) in [4.78, 5) is 43.4. The van der Waals surface area contributed by atoms with Gasteiger partial charge in [0.15, 0.2) is 6.04 Å². The number of carbonyl (C=O) groups excluding carboxylic acids is 2. The van der Waals surface area contributed by atoms with Gasteiger partial charge in [-0.25, -0.2) is 4.79 Å². The second-order valence-corrected chi connectivity index (χ2v) is 10.4. The van der Waals surface area contributed by atoms with Gasteiger partial charge in [0, 0.05) is 31.7 Å². The van der Waals surface area contributed by atoms with Crippen LogP contribution in [0, 0.1) is 11.3 Å². The molecule has 2 saturated heterocycles. The smallest absolute Gasteiger partial charge is 0.329 e. The lowest BCUT2D eigenvalue weighted by Gasteiger charge is -2.58. The van der Waals surface area contributed by atoms with E-state index < -0.39 is 23.7 Å². The molecule has 0 bridgehead atoms. The molecular formula is C27H40N6O5. The van der Waals surface area contributed by atoms with E-state index in [4.69, 9.17) is 15.9 Å². The van der Waals surface area contributed by atoms with Gasteiger partial charge in [-0.05, 0) is 49.4 Å². The third-order valence-corrected chi connectivity index (χ3v) is 8.26. The number of ether oxygens (including phenoxy) is 1. The summed E-state index contributed by atoms with van der Waals surface area (Å²) in [5.74, 6) is -1.30. The number of rotatable bonds is 10. The topological polar surface area (TPSA) is 161 Å². The number of hydrogen-bond donors (Lipinski definition) is 5. The van der Waals surface area contributed by atoms with Gasteiger partial charge in [0.05, 0.1) is 13.1 Å². The van der Waals surface area contributed by atoms with Crippen molar-refractivity contribution in [3.8, 4) is 5.75 Å². The lowest BCUT2D eigenvalue weighted by molar-refractivity contribution is -0.180. The number of amides is 2. The van der Waals surface area contributed by atoms with E-state index in [9.17, 15) is 19.5 Å². The summed E-state index contributed by atoms with van der Waals surface area (Å²) in [5.41, 5.74) is 4.90. The molecule has 3 unspecified atom stereocenters. The maximum absolute atomic E-state index is 13.6. The third kappa shape index (κ3) is 5.35. The Kier molecular flexibility index (Phi) is 8.88. The molecule has 0 radical (unpaired) electrons. The molecule has 11 heteroatoms. The monoisotopic (exact) mass is 528 g/mol. The molecule has 2 aliphatic heterocycles. The Morgan fingerprint density at radius 2 is 1.74 bits per heavy atom. The summed E-state index contributed by atoms with van der Waals surface area (Å²) in [5, 5.41) is 24.7. The molecule has 3 atom stereocenters. The number of amidine groups is 1. The van der Waals surface area contributed by atoms with E-state index in [-0.39, 0.29) is 43.2 Å². The molecule has 38 heavy (non-hydrogen) atoms. The van der Waals surface area contributed by atoms with Crippen molar-refractivity contribution in [2.24, 2.45) is 11.7 Å². The quantitative estimate of drug-likeness (QED) is 0.220. The number of nitrogen functional groups attached to an aromatic ring is 1. The van der Waals surface area contributed by atoms with E-state index in [2.05, 4.69) is 10.6 Å². The van der Waals surface area contributed by atoms with Crippen molar-refractivity contribution in [1.82, 2.24) is 20.4 Å². The minimum Gasteiger partial charge on any atom is -0.488 e. The van der Waals surface area contributed by atoms with E-state index in [0.29, 0.717) is 37.4 Å². The van der Waals surface area contributed by atoms with Gasteiger partial charge < -0.3 is 36.0 Å². The molecule has 2 amide bonds. The average Bonchev–Trinajstić information content (AvgIpc) is 2.92. The molecule has 1 aliphatic carbocycles. The van der Waals surface area contributed by atoms with Crippen molar-refractivity contribution in [2.45, 2.75) is 63.1 Å². The molecule has 11 nitrogen and oxygen atoms in total. The third-order valence-electron chi connectivity index (χ3n) is 8.26. The first-order valence-electron chi connectivity index (χ1n) is 13.7. The lowest BCUT2D eigenvalue weighted by atomic mass is 9.65. The number of carboxylic acid groups (broad SMARTS) is 1.